The molecule has 22 heavy (non-hydrogen) atoms. The first kappa shape index (κ1) is 21.5. The number of hydrogen-bond donors (Lipinski definition) is 3. The van der Waals surface area contributed by atoms with Gasteiger partial charge in [0.2, 0.25) is 0 Å². The van der Waals surface area contributed by atoms with E-state index in [0.29, 0.717) is 0 Å². The molecule has 3 atom stereocenters. The molecule has 0 aliphatic carbocycles. The van der Waals surface area contributed by atoms with Crippen LogP contribution < -0.4 is 5.32 Å². The second-order valence-electron chi connectivity index (χ2n) is 5.07. The van der Waals surface area contributed by atoms with Gasteiger partial charge in [0.05, 0.1) is 24.5 Å². The van der Waals surface area contributed by atoms with Gasteiger partial charge >= 0.3 is 20.6 Å². The second-order valence-corrected chi connectivity index (χ2v) is 5.57. The van der Waals surface area contributed by atoms with Gasteiger partial charge in [-0.2, -0.15) is 26.3 Å². The van der Waals surface area contributed by atoms with Crippen molar-refractivity contribution in [2.24, 2.45) is 0 Å². The molecule has 0 aromatic carbocycles. The van der Waals surface area contributed by atoms with Gasteiger partial charge in [0.15, 0.2) is 0 Å². The van der Waals surface area contributed by atoms with Crippen molar-refractivity contribution in [1.29, 1.82) is 0 Å². The van der Waals surface area contributed by atoms with Crippen molar-refractivity contribution in [3.05, 3.63) is 0 Å². The van der Waals surface area contributed by atoms with Gasteiger partial charge in [-0.25, -0.2) is 0 Å². The molecule has 1 aliphatic rings. The van der Waals surface area contributed by atoms with Crippen LogP contribution in [0.15, 0.2) is 0 Å². The van der Waals surface area contributed by atoms with Crippen LogP contribution in [0.3, 0.4) is 0 Å². The zero-order chi connectivity index (χ0) is 17.8. The molecule has 1 heterocycles. The maximum Gasteiger partial charge on any atom is 0.692 e. The molecule has 0 amide bonds. The summed E-state index contributed by atoms with van der Waals surface area (Å²) in [5.74, 6) is 0. The largest absolute Gasteiger partial charge is 0.692 e. The molecule has 0 bridgehead atoms. The van der Waals surface area contributed by atoms with Crippen LogP contribution in [0.1, 0.15) is 26.7 Å². The Balaban J connectivity index is 0.000000980. The molecule has 132 valence electrons. The Kier molecular flexibility index (Phi) is 7.70. The van der Waals surface area contributed by atoms with Gasteiger partial charge in [-0.05, 0) is 13.8 Å². The first-order valence-electron chi connectivity index (χ1n) is 6.04. The van der Waals surface area contributed by atoms with E-state index in [9.17, 15) is 26.3 Å². The maximum atomic E-state index is 12.4. The third-order valence-electron chi connectivity index (χ3n) is 2.85. The maximum absolute atomic E-state index is 12.4. The van der Waals surface area contributed by atoms with Crippen LogP contribution in [-0.2, 0) is 9.30 Å². The predicted molar refractivity (Wildman–Crippen MR) is 64.1 cm³/mol. The quantitative estimate of drug-likeness (QED) is 0.521. The highest BCUT2D eigenvalue weighted by atomic mass is 31.1. The molecule has 12 heteroatoms. The fraction of sp³-hybridized carbons (Fsp3) is 1.00. The summed E-state index contributed by atoms with van der Waals surface area (Å²) in [5.41, 5.74) is -1.90. The summed E-state index contributed by atoms with van der Waals surface area (Å²) in [4.78, 5) is 14.2. The predicted octanol–water partition coefficient (Wildman–Crippen LogP) is 2.66. The van der Waals surface area contributed by atoms with Crippen molar-refractivity contribution >= 4 is 8.25 Å². The molecule has 3 N–H and O–H groups in total. The van der Waals surface area contributed by atoms with Gasteiger partial charge in [-0.3, -0.25) is 0 Å². The summed E-state index contributed by atoms with van der Waals surface area (Å²) >= 11 is 0. The number of rotatable bonds is 2. The van der Waals surface area contributed by atoms with Crippen LogP contribution in [-0.4, -0.2) is 46.4 Å². The fourth-order valence-corrected chi connectivity index (χ4v) is 2.19. The molecule has 0 spiro atoms. The van der Waals surface area contributed by atoms with Gasteiger partial charge in [-0.1, -0.05) is 0 Å². The highest BCUT2D eigenvalue weighted by molar-refractivity contribution is 7.30. The molecule has 0 radical (unpaired) electrons. The molecule has 1 aliphatic heterocycles. The lowest BCUT2D eigenvalue weighted by atomic mass is 9.87. The molecule has 1 fully saturated rings. The van der Waals surface area contributed by atoms with Crippen molar-refractivity contribution in [2.75, 3.05) is 6.54 Å². The van der Waals surface area contributed by atoms with E-state index in [1.165, 1.54) is 6.92 Å². The Labute approximate surface area is 123 Å². The molecule has 0 aromatic rings. The number of hydrogen-bond acceptors (Lipinski definition) is 3. The Morgan fingerprint density at radius 1 is 1.23 bits per heavy atom. The third kappa shape index (κ3) is 9.52. The highest BCUT2D eigenvalue weighted by Crippen LogP contribution is 2.38. The molecule has 1 saturated heterocycles. The minimum Gasteiger partial charge on any atom is -0.369 e. The Morgan fingerprint density at radius 2 is 1.68 bits per heavy atom. The summed E-state index contributed by atoms with van der Waals surface area (Å²) in [7, 11) is -2.87. The van der Waals surface area contributed by atoms with Crippen LogP contribution in [0, 0.1) is 0 Å². The average molecular weight is 360 g/mol. The second kappa shape index (κ2) is 7.87. The van der Waals surface area contributed by atoms with E-state index in [4.69, 9.17) is 19.1 Å². The van der Waals surface area contributed by atoms with E-state index >= 15 is 0 Å². The minimum absolute atomic E-state index is 0.105. The summed E-state index contributed by atoms with van der Waals surface area (Å²) in [6.07, 6.45) is -12.4. The van der Waals surface area contributed by atoms with E-state index in [0.717, 1.165) is 6.92 Å². The van der Waals surface area contributed by atoms with E-state index in [1.54, 1.807) is 0 Å². The lowest BCUT2D eigenvalue weighted by molar-refractivity contribution is -0.228. The number of morpholine rings is 1. The number of alkyl halides is 6. The van der Waals surface area contributed by atoms with Crippen LogP contribution in [0.5, 0.6) is 0 Å². The molecule has 1 rings (SSSR count). The van der Waals surface area contributed by atoms with E-state index in [2.05, 4.69) is 5.32 Å². The number of halogens is 6. The average Bonchev–Trinajstić information content (AvgIpc) is 2.16. The lowest BCUT2D eigenvalue weighted by Crippen LogP contribution is -2.61. The standard InChI is InChI=1S/C10H15F6NO.HO3P/c1-6-4-17-7(3-9(11,12)13)8(2,18-6)5-10(14,15)16;1-4(2)3/h6-7,17H,3-5H2,1-2H3;(H-,1,2,3)/p+1. The summed E-state index contributed by atoms with van der Waals surface area (Å²) in [6, 6.07) is -1.39. The van der Waals surface area contributed by atoms with Crippen LogP contribution in [0.25, 0.3) is 0 Å². The Bertz CT molecular complexity index is 373. The first-order valence-corrected chi connectivity index (χ1v) is 7.21. The summed E-state index contributed by atoms with van der Waals surface area (Å²) < 4.78 is 88.1. The van der Waals surface area contributed by atoms with Crippen molar-refractivity contribution in [1.82, 2.24) is 5.32 Å². The zero-order valence-electron chi connectivity index (χ0n) is 11.7. The van der Waals surface area contributed by atoms with Crippen LogP contribution in [0.2, 0.25) is 0 Å². The van der Waals surface area contributed by atoms with Crippen LogP contribution in [0.4, 0.5) is 26.3 Å². The van der Waals surface area contributed by atoms with Crippen molar-refractivity contribution in [3.63, 3.8) is 0 Å². The van der Waals surface area contributed by atoms with Crippen molar-refractivity contribution in [2.45, 2.75) is 56.8 Å². The van der Waals surface area contributed by atoms with E-state index in [1.807, 2.05) is 0 Å². The molecule has 3 unspecified atom stereocenters. The molecule has 0 aromatic heterocycles. The normalized spacial score (nSPS) is 29.5. The van der Waals surface area contributed by atoms with Gasteiger partial charge in [0.25, 0.3) is 0 Å². The van der Waals surface area contributed by atoms with E-state index in [-0.39, 0.29) is 6.54 Å². The molecule has 5 nitrogen and oxygen atoms in total. The molecule has 0 saturated carbocycles. The third-order valence-corrected chi connectivity index (χ3v) is 2.85. The van der Waals surface area contributed by atoms with Gasteiger partial charge < -0.3 is 10.1 Å². The minimum atomic E-state index is -4.57. The molecular formula is C10H17F6NO4P+. The smallest absolute Gasteiger partial charge is 0.369 e. The lowest BCUT2D eigenvalue weighted by Gasteiger charge is -2.45. The van der Waals surface area contributed by atoms with Gasteiger partial charge in [0, 0.05) is 17.2 Å². The molecular weight excluding hydrogens is 343 g/mol. The highest BCUT2D eigenvalue weighted by Gasteiger charge is 2.51. The van der Waals surface area contributed by atoms with Crippen molar-refractivity contribution < 1.29 is 45.4 Å². The zero-order valence-corrected chi connectivity index (χ0v) is 12.6. The van der Waals surface area contributed by atoms with Gasteiger partial charge in [-0.15, -0.1) is 9.79 Å². The topological polar surface area (TPSA) is 78.8 Å². The van der Waals surface area contributed by atoms with Crippen LogP contribution >= 0.6 is 8.25 Å². The SMILES string of the molecule is CC1CNC(CC(F)(F)F)C(C)(CC(F)(F)F)O1.O=[P+](O)O. The summed E-state index contributed by atoms with van der Waals surface area (Å²) in [5, 5.41) is 2.49. The van der Waals surface area contributed by atoms with E-state index < -0.39 is 51.2 Å². The van der Waals surface area contributed by atoms with Gasteiger partial charge in [0.1, 0.15) is 0 Å². The van der Waals surface area contributed by atoms with Crippen molar-refractivity contribution in [3.8, 4) is 0 Å². The number of ether oxygens (including phenoxy) is 1. The fourth-order valence-electron chi connectivity index (χ4n) is 2.19. The Hall–Kier alpha value is -0.480. The number of nitrogens with one attached hydrogen (secondary N) is 1. The monoisotopic (exact) mass is 360 g/mol. The summed E-state index contributed by atoms with van der Waals surface area (Å²) in [6.45, 7) is 2.69. The Morgan fingerprint density at radius 3 is 2.05 bits per heavy atom. The first-order chi connectivity index (χ1) is 9.65.